The molecule has 0 bridgehead atoms. The van der Waals surface area contributed by atoms with E-state index < -0.39 is 16.1 Å². The van der Waals surface area contributed by atoms with Gasteiger partial charge in [-0.15, -0.1) is 0 Å². The summed E-state index contributed by atoms with van der Waals surface area (Å²) in [6.45, 7) is 1.16. The Kier molecular flexibility index (Phi) is 3.67. The monoisotopic (exact) mass is 250 g/mol. The van der Waals surface area contributed by atoms with Crippen molar-refractivity contribution in [1.29, 1.82) is 0 Å². The summed E-state index contributed by atoms with van der Waals surface area (Å²) < 4.78 is 31.0. The first kappa shape index (κ1) is 12.0. The molecule has 1 rings (SSSR count). The fourth-order valence-corrected chi connectivity index (χ4v) is 1.80. The molecule has 1 aromatic rings. The lowest BCUT2D eigenvalue weighted by atomic mass is 10.3. The summed E-state index contributed by atoms with van der Waals surface area (Å²) in [5.74, 6) is -0.752. The van der Waals surface area contributed by atoms with E-state index in [-0.39, 0.29) is 10.6 Å². The van der Waals surface area contributed by atoms with Crippen molar-refractivity contribution in [2.75, 3.05) is 0 Å². The van der Waals surface area contributed by atoms with Gasteiger partial charge in [0.2, 0.25) is 0 Å². The molecule has 0 atom stereocenters. The first-order valence-corrected chi connectivity index (χ1v) is 5.52. The molecular formula is C8H7ClO5S. The van der Waals surface area contributed by atoms with Gasteiger partial charge in [0.15, 0.2) is 5.75 Å². The minimum Gasteiger partial charge on any atom is -0.425 e. The SMILES string of the molecule is CC(=O)Oc1ccccc1S(=O)(=O)OCl. The Balaban J connectivity index is 3.24. The number of hydrogen-bond donors (Lipinski definition) is 0. The highest BCUT2D eigenvalue weighted by Crippen LogP contribution is 2.25. The van der Waals surface area contributed by atoms with Gasteiger partial charge in [-0.1, -0.05) is 12.1 Å². The van der Waals surface area contributed by atoms with Gasteiger partial charge in [0, 0.05) is 6.92 Å². The van der Waals surface area contributed by atoms with E-state index in [4.69, 9.17) is 11.9 Å². The van der Waals surface area contributed by atoms with Crippen molar-refractivity contribution >= 4 is 28.0 Å². The Morgan fingerprint density at radius 1 is 1.33 bits per heavy atom. The smallest absolute Gasteiger partial charge is 0.316 e. The molecule has 0 saturated carbocycles. The van der Waals surface area contributed by atoms with Crippen LogP contribution in [0.5, 0.6) is 5.75 Å². The summed E-state index contributed by atoms with van der Waals surface area (Å²) in [4.78, 5) is 10.4. The van der Waals surface area contributed by atoms with Gasteiger partial charge in [0.05, 0.1) is 11.9 Å². The van der Waals surface area contributed by atoms with E-state index in [1.54, 1.807) is 0 Å². The quantitative estimate of drug-likeness (QED) is 0.600. The van der Waals surface area contributed by atoms with Gasteiger partial charge in [-0.3, -0.25) is 4.79 Å². The Morgan fingerprint density at radius 3 is 2.47 bits per heavy atom. The van der Waals surface area contributed by atoms with E-state index >= 15 is 0 Å². The molecule has 82 valence electrons. The second-order valence-electron chi connectivity index (χ2n) is 2.56. The number of hydrogen-bond acceptors (Lipinski definition) is 5. The van der Waals surface area contributed by atoms with Crippen LogP contribution in [0.15, 0.2) is 29.2 Å². The van der Waals surface area contributed by atoms with Gasteiger partial charge in [-0.05, 0) is 12.1 Å². The second-order valence-corrected chi connectivity index (χ2v) is 4.41. The van der Waals surface area contributed by atoms with Crippen LogP contribution in [0, 0.1) is 0 Å². The Hall–Kier alpha value is -1.11. The van der Waals surface area contributed by atoms with Crippen LogP contribution in [0.3, 0.4) is 0 Å². The Labute approximate surface area is 91.9 Å². The maximum atomic E-state index is 11.3. The van der Waals surface area contributed by atoms with Crippen LogP contribution in [0.2, 0.25) is 0 Å². The van der Waals surface area contributed by atoms with Crippen molar-refractivity contribution in [3.8, 4) is 5.75 Å². The summed E-state index contributed by atoms with van der Waals surface area (Å²) in [6.07, 6.45) is 0. The van der Waals surface area contributed by atoms with E-state index in [0.29, 0.717) is 0 Å². The lowest BCUT2D eigenvalue weighted by Crippen LogP contribution is -2.07. The van der Waals surface area contributed by atoms with Crippen molar-refractivity contribution in [1.82, 2.24) is 0 Å². The maximum absolute atomic E-state index is 11.3. The van der Waals surface area contributed by atoms with Crippen molar-refractivity contribution in [2.45, 2.75) is 11.8 Å². The molecule has 7 heteroatoms. The van der Waals surface area contributed by atoms with Crippen molar-refractivity contribution < 1.29 is 21.7 Å². The van der Waals surface area contributed by atoms with Crippen LogP contribution in [0.4, 0.5) is 0 Å². The summed E-state index contributed by atoms with van der Waals surface area (Å²) in [5.41, 5.74) is 0. The first-order valence-electron chi connectivity index (χ1n) is 3.80. The minimum atomic E-state index is -4.09. The van der Waals surface area contributed by atoms with Crippen LogP contribution in [-0.2, 0) is 18.6 Å². The summed E-state index contributed by atoms with van der Waals surface area (Å²) in [5, 5.41) is 0. The summed E-state index contributed by atoms with van der Waals surface area (Å²) in [6, 6.07) is 5.52. The largest absolute Gasteiger partial charge is 0.425 e. The molecule has 0 aliphatic rings. The molecule has 5 nitrogen and oxygen atoms in total. The van der Waals surface area contributed by atoms with Gasteiger partial charge >= 0.3 is 16.1 Å². The van der Waals surface area contributed by atoms with Gasteiger partial charge in [0.1, 0.15) is 4.90 Å². The Bertz CT molecular complexity index is 468. The molecule has 1 aromatic carbocycles. The lowest BCUT2D eigenvalue weighted by Gasteiger charge is -2.06. The number of ether oxygens (including phenoxy) is 1. The third-order valence-corrected chi connectivity index (χ3v) is 2.99. The zero-order chi connectivity index (χ0) is 11.5. The highest BCUT2D eigenvalue weighted by Gasteiger charge is 2.20. The molecular weight excluding hydrogens is 244 g/mol. The average Bonchev–Trinajstić information content (AvgIpc) is 2.17. The van der Waals surface area contributed by atoms with E-state index in [1.165, 1.54) is 24.3 Å². The average molecular weight is 251 g/mol. The number of para-hydroxylation sites is 1. The van der Waals surface area contributed by atoms with Crippen LogP contribution in [0.25, 0.3) is 0 Å². The molecule has 0 saturated heterocycles. The third-order valence-electron chi connectivity index (χ3n) is 1.46. The van der Waals surface area contributed by atoms with Gasteiger partial charge < -0.3 is 4.74 Å². The number of carbonyl (C=O) groups is 1. The lowest BCUT2D eigenvalue weighted by molar-refractivity contribution is -0.132. The zero-order valence-electron chi connectivity index (χ0n) is 7.64. The fraction of sp³-hybridized carbons (Fsp3) is 0.125. The van der Waals surface area contributed by atoms with Gasteiger partial charge in [-0.2, -0.15) is 12.2 Å². The molecule has 0 N–H and O–H groups in total. The normalized spacial score (nSPS) is 11.1. The summed E-state index contributed by atoms with van der Waals surface area (Å²) in [7, 11) is -4.09. The highest BCUT2D eigenvalue weighted by atomic mass is 35.5. The van der Waals surface area contributed by atoms with Gasteiger partial charge in [-0.25, -0.2) is 0 Å². The highest BCUT2D eigenvalue weighted by molar-refractivity contribution is 7.87. The van der Waals surface area contributed by atoms with Crippen molar-refractivity contribution in [3.63, 3.8) is 0 Å². The fourth-order valence-electron chi connectivity index (χ4n) is 0.930. The summed E-state index contributed by atoms with van der Waals surface area (Å²) >= 11 is 4.81. The van der Waals surface area contributed by atoms with Crippen LogP contribution >= 0.6 is 11.9 Å². The molecule has 0 amide bonds. The van der Waals surface area contributed by atoms with Crippen molar-refractivity contribution in [3.05, 3.63) is 24.3 Å². The molecule has 0 unspecified atom stereocenters. The first-order chi connectivity index (χ1) is 6.97. The van der Waals surface area contributed by atoms with Gasteiger partial charge in [0.25, 0.3) is 0 Å². The number of carbonyl (C=O) groups excluding carboxylic acids is 1. The number of rotatable bonds is 3. The molecule has 0 aliphatic carbocycles. The number of esters is 1. The molecule has 0 heterocycles. The molecule has 15 heavy (non-hydrogen) atoms. The molecule has 0 radical (unpaired) electrons. The van der Waals surface area contributed by atoms with Crippen molar-refractivity contribution in [2.24, 2.45) is 0 Å². The van der Waals surface area contributed by atoms with E-state index in [0.717, 1.165) is 6.92 Å². The van der Waals surface area contributed by atoms with E-state index in [2.05, 4.69) is 8.47 Å². The Morgan fingerprint density at radius 2 is 1.93 bits per heavy atom. The molecule has 0 aliphatic heterocycles. The standard InChI is InChI=1S/C8H7ClO5S/c1-6(10)13-7-4-2-3-5-8(7)15(11,12)14-9/h2-5H,1H3. The zero-order valence-corrected chi connectivity index (χ0v) is 9.21. The third kappa shape index (κ3) is 2.92. The van der Waals surface area contributed by atoms with E-state index in [9.17, 15) is 13.2 Å². The topological polar surface area (TPSA) is 69.7 Å². The minimum absolute atomic E-state index is 0.120. The van der Waals surface area contributed by atoms with E-state index in [1.807, 2.05) is 0 Å². The second kappa shape index (κ2) is 4.61. The van der Waals surface area contributed by atoms with Crippen LogP contribution in [0.1, 0.15) is 6.92 Å². The number of halogens is 1. The predicted molar refractivity (Wildman–Crippen MR) is 51.9 cm³/mol. The maximum Gasteiger partial charge on any atom is 0.316 e. The predicted octanol–water partition coefficient (Wildman–Crippen LogP) is 1.47. The van der Waals surface area contributed by atoms with Crippen LogP contribution < -0.4 is 4.74 Å². The molecule has 0 fully saturated rings. The van der Waals surface area contributed by atoms with Crippen LogP contribution in [-0.4, -0.2) is 14.4 Å². The molecule has 0 spiro atoms. The molecule has 0 aromatic heterocycles. The number of benzene rings is 1.